The van der Waals surface area contributed by atoms with Gasteiger partial charge >= 0.3 is 6.03 Å². The summed E-state index contributed by atoms with van der Waals surface area (Å²) >= 11 is 0. The first-order valence-corrected chi connectivity index (χ1v) is 8.57. The highest BCUT2D eigenvalue weighted by atomic mass is 16.5. The van der Waals surface area contributed by atoms with Crippen molar-refractivity contribution >= 4 is 29.5 Å². The first-order chi connectivity index (χ1) is 13.5. The minimum atomic E-state index is -0.660. The molecule has 10 nitrogen and oxygen atoms in total. The first-order valence-electron chi connectivity index (χ1n) is 8.57. The molecule has 1 aliphatic heterocycles. The molecule has 0 aromatic carbocycles. The van der Waals surface area contributed by atoms with Crippen molar-refractivity contribution in [3.8, 4) is 11.5 Å². The summed E-state index contributed by atoms with van der Waals surface area (Å²) in [7, 11) is 0. The minimum Gasteiger partial charge on any atom is -0.456 e. The molecule has 1 saturated heterocycles. The van der Waals surface area contributed by atoms with Gasteiger partial charge in [-0.25, -0.2) is 14.8 Å². The number of anilines is 2. The first kappa shape index (κ1) is 19.2. The molecule has 2 aromatic rings. The summed E-state index contributed by atoms with van der Waals surface area (Å²) in [5, 5.41) is 7.31. The number of carbonyl (C=O) groups excluding carboxylic acids is 3. The number of carbonyl (C=O) groups is 3. The van der Waals surface area contributed by atoms with E-state index in [1.54, 1.807) is 18.2 Å². The van der Waals surface area contributed by atoms with E-state index in [0.717, 1.165) is 0 Å². The van der Waals surface area contributed by atoms with Gasteiger partial charge in [0.2, 0.25) is 11.8 Å². The van der Waals surface area contributed by atoms with Gasteiger partial charge in [0.05, 0.1) is 18.7 Å². The van der Waals surface area contributed by atoms with Crippen LogP contribution in [0.3, 0.4) is 0 Å². The molecule has 0 aliphatic carbocycles. The zero-order valence-corrected chi connectivity index (χ0v) is 15.1. The van der Waals surface area contributed by atoms with Gasteiger partial charge in [-0.2, -0.15) is 0 Å². The Balaban J connectivity index is 1.54. The van der Waals surface area contributed by atoms with E-state index in [0.29, 0.717) is 37.0 Å². The maximum absolute atomic E-state index is 11.9. The van der Waals surface area contributed by atoms with Gasteiger partial charge in [-0.15, -0.1) is 0 Å². The lowest BCUT2D eigenvalue weighted by atomic mass is 10.1. The molecule has 0 radical (unpaired) electrons. The van der Waals surface area contributed by atoms with Crippen molar-refractivity contribution in [2.24, 2.45) is 5.92 Å². The molecular formula is C18H19N5O5. The van der Waals surface area contributed by atoms with Crippen LogP contribution in [0.1, 0.15) is 13.3 Å². The largest absolute Gasteiger partial charge is 0.456 e. The van der Waals surface area contributed by atoms with Gasteiger partial charge in [-0.3, -0.25) is 20.2 Å². The van der Waals surface area contributed by atoms with Crippen LogP contribution >= 0.6 is 0 Å². The van der Waals surface area contributed by atoms with Gasteiger partial charge in [0.25, 0.3) is 0 Å². The van der Waals surface area contributed by atoms with Crippen LogP contribution in [-0.4, -0.2) is 41.0 Å². The van der Waals surface area contributed by atoms with E-state index in [1.807, 2.05) is 0 Å². The van der Waals surface area contributed by atoms with Gasteiger partial charge in [-0.1, -0.05) is 0 Å². The van der Waals surface area contributed by atoms with Gasteiger partial charge < -0.3 is 14.8 Å². The van der Waals surface area contributed by atoms with Crippen molar-refractivity contribution < 1.29 is 23.9 Å². The summed E-state index contributed by atoms with van der Waals surface area (Å²) in [4.78, 5) is 42.9. The van der Waals surface area contributed by atoms with E-state index in [2.05, 4.69) is 25.9 Å². The van der Waals surface area contributed by atoms with Crippen molar-refractivity contribution in [2.45, 2.75) is 13.3 Å². The second-order valence-electron chi connectivity index (χ2n) is 6.04. The molecule has 1 fully saturated rings. The molecule has 3 heterocycles. The second kappa shape index (κ2) is 8.91. The summed E-state index contributed by atoms with van der Waals surface area (Å²) in [6.07, 6.45) is 3.52. The van der Waals surface area contributed by atoms with E-state index in [9.17, 15) is 14.4 Å². The average Bonchev–Trinajstić information content (AvgIpc) is 3.18. The lowest BCUT2D eigenvalue weighted by Crippen LogP contribution is -2.38. The quantitative estimate of drug-likeness (QED) is 0.716. The number of rotatable bonds is 5. The fraction of sp³-hybridized carbons (Fsp3) is 0.278. The number of nitrogens with one attached hydrogen (secondary N) is 3. The molecule has 3 rings (SSSR count). The van der Waals surface area contributed by atoms with Crippen molar-refractivity contribution in [2.75, 3.05) is 23.8 Å². The number of ether oxygens (including phenoxy) is 2. The maximum Gasteiger partial charge on any atom is 0.327 e. The topological polar surface area (TPSA) is 132 Å². The molecule has 1 aliphatic rings. The number of aromatic nitrogens is 2. The Hall–Kier alpha value is -3.53. The molecule has 4 amide bonds. The lowest BCUT2D eigenvalue weighted by molar-refractivity contribution is -0.123. The van der Waals surface area contributed by atoms with Gasteiger partial charge in [0.15, 0.2) is 0 Å². The molecular weight excluding hydrogens is 366 g/mol. The molecule has 2 aromatic heterocycles. The highest BCUT2D eigenvalue weighted by Gasteiger charge is 2.24. The predicted octanol–water partition coefficient (Wildman–Crippen LogP) is 1.91. The smallest absolute Gasteiger partial charge is 0.327 e. The number of imide groups is 1. The number of pyridine rings is 2. The lowest BCUT2D eigenvalue weighted by Gasteiger charge is -2.10. The summed E-state index contributed by atoms with van der Waals surface area (Å²) in [5.41, 5.74) is 0. The fourth-order valence-corrected chi connectivity index (χ4v) is 2.48. The number of urea groups is 1. The van der Waals surface area contributed by atoms with E-state index < -0.39 is 6.03 Å². The number of nitrogens with zero attached hydrogens (tertiary/aromatic N) is 2. The third-order valence-electron chi connectivity index (χ3n) is 3.79. The molecule has 28 heavy (non-hydrogen) atoms. The van der Waals surface area contributed by atoms with E-state index in [-0.39, 0.29) is 23.6 Å². The molecule has 0 bridgehead atoms. The number of hydrogen-bond donors (Lipinski definition) is 3. The fourth-order valence-electron chi connectivity index (χ4n) is 2.48. The molecule has 1 atom stereocenters. The Bertz CT molecular complexity index is 865. The average molecular weight is 385 g/mol. The monoisotopic (exact) mass is 385 g/mol. The SMILES string of the molecule is CC(=O)Nc1cc(Oc2ccc(NC(=O)NC(=O)C3CCOC3)nc2)ccn1. The number of hydrogen-bond acceptors (Lipinski definition) is 7. The third-order valence-corrected chi connectivity index (χ3v) is 3.79. The molecule has 3 N–H and O–H groups in total. The van der Waals surface area contributed by atoms with E-state index in [4.69, 9.17) is 9.47 Å². The molecule has 10 heteroatoms. The van der Waals surface area contributed by atoms with Crippen LogP contribution in [0.4, 0.5) is 16.4 Å². The van der Waals surface area contributed by atoms with Crippen molar-refractivity contribution in [1.82, 2.24) is 15.3 Å². The second-order valence-corrected chi connectivity index (χ2v) is 6.04. The Kier molecular flexibility index (Phi) is 6.12. The summed E-state index contributed by atoms with van der Waals surface area (Å²) < 4.78 is 10.8. The van der Waals surface area contributed by atoms with E-state index in [1.165, 1.54) is 25.4 Å². The maximum atomic E-state index is 11.9. The summed E-state index contributed by atoms with van der Waals surface area (Å²) in [6.45, 7) is 2.23. The van der Waals surface area contributed by atoms with E-state index >= 15 is 0 Å². The predicted molar refractivity (Wildman–Crippen MR) is 98.9 cm³/mol. The Morgan fingerprint density at radius 3 is 2.64 bits per heavy atom. The van der Waals surface area contributed by atoms with Crippen molar-refractivity contribution in [3.63, 3.8) is 0 Å². The van der Waals surface area contributed by atoms with Crippen LogP contribution in [0.5, 0.6) is 11.5 Å². The Morgan fingerprint density at radius 1 is 1.11 bits per heavy atom. The normalized spacial score (nSPS) is 15.5. The van der Waals surface area contributed by atoms with Crippen LogP contribution in [0, 0.1) is 5.92 Å². The molecule has 0 spiro atoms. The van der Waals surface area contributed by atoms with Crippen LogP contribution in [0.2, 0.25) is 0 Å². The standard InChI is InChI=1S/C18H19N5O5/c1-11(24)21-16-8-13(4-6-19-16)28-14-2-3-15(20-9-14)22-18(26)23-17(25)12-5-7-27-10-12/h2-4,6,8-9,12H,5,7,10H2,1H3,(H,19,21,24)(H2,20,22,23,25,26). The molecule has 0 saturated carbocycles. The Morgan fingerprint density at radius 2 is 1.96 bits per heavy atom. The van der Waals surface area contributed by atoms with Gasteiger partial charge in [-0.05, 0) is 24.6 Å². The van der Waals surface area contributed by atoms with Crippen LogP contribution in [0.25, 0.3) is 0 Å². The van der Waals surface area contributed by atoms with Crippen molar-refractivity contribution in [3.05, 3.63) is 36.7 Å². The van der Waals surface area contributed by atoms with Crippen LogP contribution < -0.4 is 20.7 Å². The number of amides is 4. The van der Waals surface area contributed by atoms with Crippen molar-refractivity contribution in [1.29, 1.82) is 0 Å². The minimum absolute atomic E-state index is 0.237. The molecule has 1 unspecified atom stereocenters. The zero-order valence-electron chi connectivity index (χ0n) is 15.1. The summed E-state index contributed by atoms with van der Waals surface area (Å²) in [6, 6.07) is 5.68. The third kappa shape index (κ3) is 5.48. The zero-order chi connectivity index (χ0) is 19.9. The van der Waals surface area contributed by atoms with Gasteiger partial charge in [0.1, 0.15) is 23.1 Å². The van der Waals surface area contributed by atoms with Gasteiger partial charge in [0, 0.05) is 25.8 Å². The molecule has 146 valence electrons. The van der Waals surface area contributed by atoms with Crippen LogP contribution in [0.15, 0.2) is 36.7 Å². The Labute approximate surface area is 160 Å². The highest BCUT2D eigenvalue weighted by Crippen LogP contribution is 2.23. The van der Waals surface area contributed by atoms with Crippen LogP contribution in [-0.2, 0) is 14.3 Å². The highest BCUT2D eigenvalue weighted by molar-refractivity contribution is 6.01. The summed E-state index contributed by atoms with van der Waals surface area (Å²) in [5.74, 6) is 0.589.